The van der Waals surface area contributed by atoms with Crippen molar-refractivity contribution in [3.8, 4) is 27.9 Å². The van der Waals surface area contributed by atoms with Gasteiger partial charge in [0.25, 0.3) is 0 Å². The molecule has 0 atom stereocenters. The molecular formula is C41H30N2. The van der Waals surface area contributed by atoms with E-state index in [1.807, 2.05) is 0 Å². The molecule has 2 heterocycles. The molecule has 0 radical (unpaired) electrons. The zero-order valence-electron chi connectivity index (χ0n) is 24.2. The number of rotatable bonds is 2. The molecule has 1 aliphatic carbocycles. The van der Waals surface area contributed by atoms with Gasteiger partial charge in [0.2, 0.25) is 0 Å². The molecule has 2 heteroatoms. The quantitative estimate of drug-likeness (QED) is 0.226. The van der Waals surface area contributed by atoms with Crippen molar-refractivity contribution in [2.75, 3.05) is 5.32 Å². The third-order valence-corrected chi connectivity index (χ3v) is 9.54. The number of nitrogens with one attached hydrogen (secondary N) is 1. The SMILES string of the molecule is CC1(C)c2ccccc2-c2cc3c(cc21)C=Cc1cc(-c2ccc4c(c2)c2ccccc2n4-c2ccccc2)ccc1N3. The Morgan fingerprint density at radius 1 is 0.512 bits per heavy atom. The van der Waals surface area contributed by atoms with Gasteiger partial charge in [-0.1, -0.05) is 98.8 Å². The van der Waals surface area contributed by atoms with E-state index >= 15 is 0 Å². The van der Waals surface area contributed by atoms with E-state index in [0.29, 0.717) is 0 Å². The van der Waals surface area contributed by atoms with E-state index in [2.05, 4.69) is 163 Å². The van der Waals surface area contributed by atoms with Crippen LogP contribution >= 0.6 is 0 Å². The van der Waals surface area contributed by atoms with Crippen molar-refractivity contribution in [2.45, 2.75) is 19.3 Å². The normalized spacial score (nSPS) is 14.1. The van der Waals surface area contributed by atoms with Gasteiger partial charge in [-0.05, 0) is 99.1 Å². The molecule has 1 aliphatic heterocycles. The highest BCUT2D eigenvalue weighted by atomic mass is 15.0. The van der Waals surface area contributed by atoms with Gasteiger partial charge in [-0.2, -0.15) is 0 Å². The van der Waals surface area contributed by atoms with Crippen molar-refractivity contribution in [3.05, 3.63) is 150 Å². The summed E-state index contributed by atoms with van der Waals surface area (Å²) in [5, 5.41) is 6.32. The molecule has 1 aromatic heterocycles. The summed E-state index contributed by atoms with van der Waals surface area (Å²) in [6.45, 7) is 4.68. The van der Waals surface area contributed by atoms with E-state index in [0.717, 1.165) is 11.4 Å². The molecule has 2 aliphatic rings. The molecule has 6 aromatic carbocycles. The molecular weight excluding hydrogens is 520 g/mol. The summed E-state index contributed by atoms with van der Waals surface area (Å²) < 4.78 is 2.37. The number of hydrogen-bond donors (Lipinski definition) is 1. The van der Waals surface area contributed by atoms with Crippen LogP contribution in [0.25, 0.3) is 61.9 Å². The predicted octanol–water partition coefficient (Wildman–Crippen LogP) is 11.0. The van der Waals surface area contributed by atoms with Gasteiger partial charge in [0.15, 0.2) is 0 Å². The predicted molar refractivity (Wildman–Crippen MR) is 182 cm³/mol. The summed E-state index contributed by atoms with van der Waals surface area (Å²) in [5.41, 5.74) is 16.3. The van der Waals surface area contributed by atoms with Crippen LogP contribution in [0.3, 0.4) is 0 Å². The topological polar surface area (TPSA) is 17.0 Å². The Morgan fingerprint density at radius 3 is 2.09 bits per heavy atom. The Labute approximate surface area is 251 Å². The first-order chi connectivity index (χ1) is 21.1. The Balaban J connectivity index is 1.14. The minimum absolute atomic E-state index is 0.0105. The van der Waals surface area contributed by atoms with Crippen LogP contribution in [0.5, 0.6) is 0 Å². The maximum absolute atomic E-state index is 3.78. The lowest BCUT2D eigenvalue weighted by atomic mass is 9.82. The van der Waals surface area contributed by atoms with Crippen LogP contribution in [0, 0.1) is 0 Å². The highest BCUT2D eigenvalue weighted by molar-refractivity contribution is 6.10. The van der Waals surface area contributed by atoms with Gasteiger partial charge in [-0.25, -0.2) is 0 Å². The minimum atomic E-state index is -0.0105. The Hall–Kier alpha value is -5.34. The Kier molecular flexibility index (Phi) is 4.99. The van der Waals surface area contributed by atoms with Crippen molar-refractivity contribution in [2.24, 2.45) is 0 Å². The van der Waals surface area contributed by atoms with Gasteiger partial charge in [0.05, 0.1) is 11.0 Å². The van der Waals surface area contributed by atoms with Gasteiger partial charge in [0.1, 0.15) is 0 Å². The van der Waals surface area contributed by atoms with Crippen LogP contribution in [-0.2, 0) is 5.41 Å². The summed E-state index contributed by atoms with van der Waals surface area (Å²) in [7, 11) is 0. The molecule has 1 N–H and O–H groups in total. The fraction of sp³-hybridized carbons (Fsp3) is 0.0732. The first-order valence-corrected chi connectivity index (χ1v) is 15.0. The van der Waals surface area contributed by atoms with Crippen LogP contribution in [0.15, 0.2) is 127 Å². The first kappa shape index (κ1) is 24.3. The summed E-state index contributed by atoms with van der Waals surface area (Å²) in [6, 6.07) is 46.6. The van der Waals surface area contributed by atoms with E-state index in [4.69, 9.17) is 0 Å². The van der Waals surface area contributed by atoms with Crippen LogP contribution < -0.4 is 5.32 Å². The maximum atomic E-state index is 3.78. The van der Waals surface area contributed by atoms with Gasteiger partial charge >= 0.3 is 0 Å². The Bertz CT molecular complexity index is 2280. The lowest BCUT2D eigenvalue weighted by Crippen LogP contribution is -2.15. The second kappa shape index (κ2) is 8.83. The summed E-state index contributed by atoms with van der Waals surface area (Å²) in [6.07, 6.45) is 4.53. The molecule has 2 nitrogen and oxygen atoms in total. The van der Waals surface area contributed by atoms with E-state index < -0.39 is 0 Å². The van der Waals surface area contributed by atoms with Crippen molar-refractivity contribution < 1.29 is 0 Å². The third-order valence-electron chi connectivity index (χ3n) is 9.54. The van der Waals surface area contributed by atoms with E-state index in [9.17, 15) is 0 Å². The van der Waals surface area contributed by atoms with E-state index in [1.165, 1.54) is 72.0 Å². The number of hydrogen-bond acceptors (Lipinski definition) is 1. The van der Waals surface area contributed by atoms with Crippen molar-refractivity contribution in [3.63, 3.8) is 0 Å². The number of fused-ring (bicyclic) bond motifs is 8. The Morgan fingerprint density at radius 2 is 1.21 bits per heavy atom. The minimum Gasteiger partial charge on any atom is -0.355 e. The largest absolute Gasteiger partial charge is 0.355 e. The van der Waals surface area contributed by atoms with Gasteiger partial charge < -0.3 is 9.88 Å². The molecule has 0 amide bonds. The lowest BCUT2D eigenvalue weighted by Gasteiger charge is -2.22. The fourth-order valence-electron chi connectivity index (χ4n) is 7.34. The van der Waals surface area contributed by atoms with Crippen LogP contribution in [0.1, 0.15) is 36.1 Å². The smallest absolute Gasteiger partial charge is 0.0541 e. The van der Waals surface area contributed by atoms with E-state index in [-0.39, 0.29) is 5.41 Å². The molecule has 0 unspecified atom stereocenters. The van der Waals surface area contributed by atoms with Crippen molar-refractivity contribution in [1.29, 1.82) is 0 Å². The number of anilines is 2. The average molecular weight is 551 g/mol. The first-order valence-electron chi connectivity index (χ1n) is 15.0. The van der Waals surface area contributed by atoms with E-state index in [1.54, 1.807) is 0 Å². The highest BCUT2D eigenvalue weighted by Crippen LogP contribution is 2.51. The van der Waals surface area contributed by atoms with Crippen LogP contribution in [0.2, 0.25) is 0 Å². The number of aromatic nitrogens is 1. The fourth-order valence-corrected chi connectivity index (χ4v) is 7.34. The number of benzene rings is 6. The molecule has 204 valence electrons. The standard InChI is InChI=1S/C41H30N2/c1-41(2)35-14-8-6-12-31(35)33-25-38-29(24-36(33)41)17-16-28-22-26(18-20-37(28)42-38)27-19-21-40-34(23-27)32-13-7-9-15-39(32)43(40)30-10-4-3-5-11-30/h3-25,42H,1-2H3. The molecule has 0 saturated carbocycles. The molecule has 0 fully saturated rings. The number of nitrogens with zero attached hydrogens (tertiary/aromatic N) is 1. The second-order valence-corrected chi connectivity index (χ2v) is 12.3. The van der Waals surface area contributed by atoms with Gasteiger partial charge in [0, 0.05) is 33.2 Å². The summed E-state index contributed by atoms with van der Waals surface area (Å²) in [4.78, 5) is 0. The van der Waals surface area contributed by atoms with Crippen molar-refractivity contribution in [1.82, 2.24) is 4.57 Å². The van der Waals surface area contributed by atoms with Crippen LogP contribution in [-0.4, -0.2) is 4.57 Å². The molecule has 43 heavy (non-hydrogen) atoms. The molecule has 9 rings (SSSR count). The maximum Gasteiger partial charge on any atom is 0.0541 e. The summed E-state index contributed by atoms with van der Waals surface area (Å²) in [5.74, 6) is 0. The zero-order chi connectivity index (χ0) is 28.7. The van der Waals surface area contributed by atoms with Gasteiger partial charge in [-0.15, -0.1) is 0 Å². The second-order valence-electron chi connectivity index (χ2n) is 12.3. The average Bonchev–Trinajstić information content (AvgIpc) is 3.40. The van der Waals surface area contributed by atoms with Crippen LogP contribution in [0.4, 0.5) is 11.4 Å². The molecule has 0 bridgehead atoms. The molecule has 0 spiro atoms. The monoisotopic (exact) mass is 550 g/mol. The van der Waals surface area contributed by atoms with Crippen molar-refractivity contribution >= 4 is 45.3 Å². The molecule has 0 saturated heterocycles. The highest BCUT2D eigenvalue weighted by Gasteiger charge is 2.36. The number of para-hydroxylation sites is 2. The van der Waals surface area contributed by atoms with Gasteiger partial charge in [-0.3, -0.25) is 0 Å². The summed E-state index contributed by atoms with van der Waals surface area (Å²) >= 11 is 0. The third kappa shape index (κ3) is 3.53. The zero-order valence-corrected chi connectivity index (χ0v) is 24.2. The lowest BCUT2D eigenvalue weighted by molar-refractivity contribution is 0.660. The molecule has 7 aromatic rings.